The molecule has 0 radical (unpaired) electrons. The number of hydrogen-bond acceptors (Lipinski definition) is 7. The third-order valence-corrected chi connectivity index (χ3v) is 6.86. The first-order chi connectivity index (χ1) is 14.9. The second kappa shape index (κ2) is 9.36. The van der Waals surface area contributed by atoms with Crippen LogP contribution in [0.15, 0.2) is 57.5 Å². The van der Waals surface area contributed by atoms with E-state index in [-0.39, 0.29) is 10.7 Å². The summed E-state index contributed by atoms with van der Waals surface area (Å²) in [7, 11) is 0. The largest absolute Gasteiger partial charge is 0.338 e. The molecule has 8 heteroatoms. The van der Waals surface area contributed by atoms with E-state index in [9.17, 15) is 0 Å². The van der Waals surface area contributed by atoms with E-state index in [1.807, 2.05) is 6.07 Å². The van der Waals surface area contributed by atoms with Gasteiger partial charge >= 0.3 is 0 Å². The molecular formula is C23H27N5OS2. The lowest BCUT2D eigenvalue weighted by Gasteiger charge is -2.12. The Hall–Kier alpha value is -2.45. The Bertz CT molecular complexity index is 1100. The summed E-state index contributed by atoms with van der Waals surface area (Å²) in [5.74, 6) is 2.32. The first-order valence-electron chi connectivity index (χ1n) is 10.4. The van der Waals surface area contributed by atoms with Gasteiger partial charge in [0.05, 0.1) is 5.25 Å². The number of nitrogens with zero attached hydrogens (tertiary/aromatic N) is 5. The molecule has 1 aromatic carbocycles. The lowest BCUT2D eigenvalue weighted by molar-refractivity contribution is 0.364. The summed E-state index contributed by atoms with van der Waals surface area (Å²) in [5.41, 5.74) is 1.16. The molecule has 4 rings (SSSR count). The molecule has 0 spiro atoms. The van der Waals surface area contributed by atoms with E-state index in [1.165, 1.54) is 10.4 Å². The van der Waals surface area contributed by atoms with E-state index in [0.717, 1.165) is 36.2 Å². The molecular weight excluding hydrogens is 426 g/mol. The number of rotatable bonds is 8. The molecule has 162 valence electrons. The van der Waals surface area contributed by atoms with Crippen molar-refractivity contribution < 1.29 is 4.52 Å². The molecule has 0 saturated carbocycles. The molecule has 4 aromatic rings. The van der Waals surface area contributed by atoms with Crippen molar-refractivity contribution in [3.63, 3.8) is 0 Å². The lowest BCUT2D eigenvalue weighted by atomic mass is 9.96. The number of thioether (sulfide) groups is 1. The van der Waals surface area contributed by atoms with Crippen molar-refractivity contribution >= 4 is 23.1 Å². The van der Waals surface area contributed by atoms with E-state index in [2.05, 4.69) is 94.4 Å². The molecule has 0 aliphatic carbocycles. The molecule has 0 fully saturated rings. The van der Waals surface area contributed by atoms with Crippen LogP contribution in [-0.4, -0.2) is 24.9 Å². The minimum absolute atomic E-state index is 0.0159. The van der Waals surface area contributed by atoms with E-state index in [0.29, 0.717) is 5.89 Å². The van der Waals surface area contributed by atoms with Crippen LogP contribution < -0.4 is 0 Å². The maximum absolute atomic E-state index is 5.55. The zero-order chi connectivity index (χ0) is 21.8. The third-order valence-electron chi connectivity index (χ3n) is 4.92. The summed E-state index contributed by atoms with van der Waals surface area (Å²) in [5, 5.41) is 16.2. The number of benzene rings is 1. The van der Waals surface area contributed by atoms with Crippen LogP contribution in [0, 0.1) is 0 Å². The van der Waals surface area contributed by atoms with Gasteiger partial charge in [0.2, 0.25) is 5.89 Å². The van der Waals surface area contributed by atoms with Crippen LogP contribution in [0.3, 0.4) is 0 Å². The van der Waals surface area contributed by atoms with Gasteiger partial charge in [-0.2, -0.15) is 4.98 Å². The highest BCUT2D eigenvalue weighted by Crippen LogP contribution is 2.34. The highest BCUT2D eigenvalue weighted by atomic mass is 32.2. The van der Waals surface area contributed by atoms with Crippen molar-refractivity contribution in [2.24, 2.45) is 0 Å². The van der Waals surface area contributed by atoms with E-state index < -0.39 is 0 Å². The van der Waals surface area contributed by atoms with Crippen molar-refractivity contribution in [1.29, 1.82) is 0 Å². The molecule has 3 aromatic heterocycles. The summed E-state index contributed by atoms with van der Waals surface area (Å²) in [6.07, 6.45) is 1.70. The summed E-state index contributed by atoms with van der Waals surface area (Å²) >= 11 is 3.36. The van der Waals surface area contributed by atoms with Crippen LogP contribution in [0.4, 0.5) is 0 Å². The molecule has 0 N–H and O–H groups in total. The van der Waals surface area contributed by atoms with Gasteiger partial charge in [-0.05, 0) is 30.4 Å². The minimum Gasteiger partial charge on any atom is -0.338 e. The summed E-state index contributed by atoms with van der Waals surface area (Å²) in [6.45, 7) is 9.13. The minimum atomic E-state index is -0.143. The van der Waals surface area contributed by atoms with Gasteiger partial charge in [-0.25, -0.2) is 0 Å². The zero-order valence-electron chi connectivity index (χ0n) is 18.3. The van der Waals surface area contributed by atoms with Crippen molar-refractivity contribution in [3.05, 3.63) is 75.8 Å². The average Bonchev–Trinajstić information content (AvgIpc) is 3.49. The van der Waals surface area contributed by atoms with Gasteiger partial charge in [0, 0.05) is 23.3 Å². The lowest BCUT2D eigenvalue weighted by Crippen LogP contribution is -2.13. The Morgan fingerprint density at radius 3 is 2.58 bits per heavy atom. The molecule has 0 saturated heterocycles. The van der Waals surface area contributed by atoms with Gasteiger partial charge in [0.1, 0.15) is 5.82 Å². The van der Waals surface area contributed by atoms with Crippen LogP contribution in [0.25, 0.3) is 0 Å². The van der Waals surface area contributed by atoms with Crippen molar-refractivity contribution in [1.82, 2.24) is 24.9 Å². The van der Waals surface area contributed by atoms with Crippen molar-refractivity contribution in [2.75, 3.05) is 0 Å². The Labute approximate surface area is 191 Å². The SMILES string of the molecule is CC(Sc1nnc(Cc2cccs2)n1CCc1ccccc1)c1nc(C(C)(C)C)no1. The van der Waals surface area contributed by atoms with E-state index in [4.69, 9.17) is 4.52 Å². The number of aryl methyl sites for hydroxylation is 1. The fraction of sp³-hybridized carbons (Fsp3) is 0.391. The smallest absolute Gasteiger partial charge is 0.239 e. The fourth-order valence-corrected chi connectivity index (χ4v) is 4.76. The fourth-order valence-electron chi connectivity index (χ4n) is 3.13. The van der Waals surface area contributed by atoms with Gasteiger partial charge in [0.25, 0.3) is 0 Å². The average molecular weight is 454 g/mol. The van der Waals surface area contributed by atoms with E-state index in [1.54, 1.807) is 23.1 Å². The van der Waals surface area contributed by atoms with Crippen LogP contribution in [0.2, 0.25) is 0 Å². The number of hydrogen-bond donors (Lipinski definition) is 0. The maximum Gasteiger partial charge on any atom is 0.239 e. The first-order valence-corrected chi connectivity index (χ1v) is 12.1. The Kier molecular flexibility index (Phi) is 6.57. The topological polar surface area (TPSA) is 69.6 Å². The van der Waals surface area contributed by atoms with Crippen molar-refractivity contribution in [2.45, 2.75) is 62.9 Å². The molecule has 0 bridgehead atoms. The monoisotopic (exact) mass is 453 g/mol. The Morgan fingerprint density at radius 1 is 1.10 bits per heavy atom. The van der Waals surface area contributed by atoms with Crippen LogP contribution in [0.5, 0.6) is 0 Å². The molecule has 6 nitrogen and oxygen atoms in total. The number of aromatic nitrogens is 5. The van der Waals surface area contributed by atoms with Gasteiger partial charge < -0.3 is 9.09 Å². The predicted molar refractivity (Wildman–Crippen MR) is 125 cm³/mol. The molecule has 1 atom stereocenters. The number of thiophene rings is 1. The van der Waals surface area contributed by atoms with Crippen LogP contribution >= 0.6 is 23.1 Å². The Morgan fingerprint density at radius 2 is 1.90 bits per heavy atom. The normalized spacial score (nSPS) is 12.9. The summed E-state index contributed by atoms with van der Waals surface area (Å²) in [6, 6.07) is 14.7. The molecule has 0 aliphatic heterocycles. The Balaban J connectivity index is 1.55. The molecule has 0 aliphatic rings. The second-order valence-electron chi connectivity index (χ2n) is 8.51. The second-order valence-corrected chi connectivity index (χ2v) is 10.8. The predicted octanol–water partition coefficient (Wildman–Crippen LogP) is 5.71. The third kappa shape index (κ3) is 5.43. The maximum atomic E-state index is 5.55. The summed E-state index contributed by atoms with van der Waals surface area (Å²) < 4.78 is 7.78. The van der Waals surface area contributed by atoms with Gasteiger partial charge in [0.15, 0.2) is 11.0 Å². The van der Waals surface area contributed by atoms with Crippen molar-refractivity contribution in [3.8, 4) is 0 Å². The van der Waals surface area contributed by atoms with Crippen LogP contribution in [-0.2, 0) is 24.8 Å². The standard InChI is InChI=1S/C23H27N5OS2/c1-16(20-24-21(27-29-20)23(2,3)4)31-22-26-25-19(15-18-11-8-14-30-18)28(22)13-12-17-9-6-5-7-10-17/h5-11,14,16H,12-13,15H2,1-4H3. The highest BCUT2D eigenvalue weighted by Gasteiger charge is 2.25. The highest BCUT2D eigenvalue weighted by molar-refractivity contribution is 7.99. The quantitative estimate of drug-likeness (QED) is 0.318. The zero-order valence-corrected chi connectivity index (χ0v) is 19.9. The van der Waals surface area contributed by atoms with Gasteiger partial charge in [-0.15, -0.1) is 21.5 Å². The van der Waals surface area contributed by atoms with Gasteiger partial charge in [-0.1, -0.05) is 74.1 Å². The van der Waals surface area contributed by atoms with Gasteiger partial charge in [-0.3, -0.25) is 0 Å². The summed E-state index contributed by atoms with van der Waals surface area (Å²) in [4.78, 5) is 5.90. The molecule has 31 heavy (non-hydrogen) atoms. The first kappa shape index (κ1) is 21.8. The molecule has 3 heterocycles. The molecule has 1 unspecified atom stereocenters. The van der Waals surface area contributed by atoms with E-state index >= 15 is 0 Å². The van der Waals surface area contributed by atoms with Crippen LogP contribution in [0.1, 0.15) is 60.9 Å². The molecule has 0 amide bonds.